The number of hydrogen-bond donors (Lipinski definition) is 1. The Morgan fingerprint density at radius 3 is 2.74 bits per heavy atom. The van der Waals surface area contributed by atoms with Gasteiger partial charge >= 0.3 is 6.03 Å². The van der Waals surface area contributed by atoms with E-state index in [4.69, 9.17) is 0 Å². The van der Waals surface area contributed by atoms with Crippen molar-refractivity contribution in [1.82, 2.24) is 15.1 Å². The maximum absolute atomic E-state index is 12.9. The summed E-state index contributed by atoms with van der Waals surface area (Å²) in [6, 6.07) is 6.75. The first kappa shape index (κ1) is 17.7. The molecular weight excluding hydrogens is 293 g/mol. The molecule has 0 bridgehead atoms. The predicted octanol–water partition coefficient (Wildman–Crippen LogP) is 3.09. The Morgan fingerprint density at radius 1 is 1.39 bits per heavy atom. The predicted molar refractivity (Wildman–Crippen MR) is 90.7 cm³/mol. The number of carbonyl (C=O) groups excluding carboxylic acids is 1. The molecule has 1 heterocycles. The van der Waals surface area contributed by atoms with E-state index < -0.39 is 0 Å². The number of benzene rings is 1. The molecule has 1 aliphatic heterocycles. The highest BCUT2D eigenvalue weighted by molar-refractivity contribution is 5.73. The lowest BCUT2D eigenvalue weighted by Crippen LogP contribution is -2.45. The van der Waals surface area contributed by atoms with Gasteiger partial charge in [-0.1, -0.05) is 12.1 Å². The largest absolute Gasteiger partial charge is 0.338 e. The first-order valence-electron chi connectivity index (χ1n) is 8.43. The van der Waals surface area contributed by atoms with Crippen LogP contribution in [-0.2, 0) is 6.54 Å². The summed E-state index contributed by atoms with van der Waals surface area (Å²) in [6.07, 6.45) is 2.37. The Bertz CT molecular complexity index is 503. The molecule has 1 N–H and O–H groups in total. The Balaban J connectivity index is 1.76. The van der Waals surface area contributed by atoms with Crippen molar-refractivity contribution in [3.63, 3.8) is 0 Å². The number of rotatable bonds is 5. The fourth-order valence-electron chi connectivity index (χ4n) is 3.03. The van der Waals surface area contributed by atoms with Gasteiger partial charge in [0, 0.05) is 32.7 Å². The van der Waals surface area contributed by atoms with E-state index in [0.29, 0.717) is 18.5 Å². The summed E-state index contributed by atoms with van der Waals surface area (Å²) in [4.78, 5) is 16.3. The molecule has 0 saturated carbocycles. The van der Waals surface area contributed by atoms with Crippen LogP contribution in [0.1, 0.15) is 32.3 Å². The van der Waals surface area contributed by atoms with Crippen LogP contribution >= 0.6 is 0 Å². The number of carbonyl (C=O) groups is 1. The average molecular weight is 321 g/mol. The molecule has 0 aromatic heterocycles. The zero-order valence-electron chi connectivity index (χ0n) is 14.4. The Kier molecular flexibility index (Phi) is 6.39. The van der Waals surface area contributed by atoms with E-state index in [0.717, 1.165) is 25.2 Å². The number of nitrogens with one attached hydrogen (secondary N) is 1. The number of likely N-dealkylation sites (tertiary alicyclic amines) is 1. The van der Waals surface area contributed by atoms with E-state index in [9.17, 15) is 9.18 Å². The van der Waals surface area contributed by atoms with Gasteiger partial charge in [-0.05, 0) is 56.8 Å². The van der Waals surface area contributed by atoms with Crippen molar-refractivity contribution in [1.29, 1.82) is 0 Å². The molecule has 1 fully saturated rings. The highest BCUT2D eigenvalue weighted by Crippen LogP contribution is 2.17. The number of nitrogens with zero attached hydrogens (tertiary/aromatic N) is 2. The minimum Gasteiger partial charge on any atom is -0.338 e. The van der Waals surface area contributed by atoms with Gasteiger partial charge in [0.15, 0.2) is 0 Å². The molecular formula is C18H28FN3O. The van der Waals surface area contributed by atoms with Gasteiger partial charge in [0.2, 0.25) is 0 Å². The van der Waals surface area contributed by atoms with Gasteiger partial charge in [-0.25, -0.2) is 9.18 Å². The number of hydrogen-bond acceptors (Lipinski definition) is 2. The van der Waals surface area contributed by atoms with Gasteiger partial charge in [-0.15, -0.1) is 0 Å². The minimum absolute atomic E-state index is 0.0732. The summed E-state index contributed by atoms with van der Waals surface area (Å²) < 4.78 is 12.9. The first-order valence-corrected chi connectivity index (χ1v) is 8.43. The molecule has 5 heteroatoms. The van der Waals surface area contributed by atoms with Crippen LogP contribution in [0.5, 0.6) is 0 Å². The molecule has 0 radical (unpaired) electrons. The molecule has 4 nitrogen and oxygen atoms in total. The van der Waals surface area contributed by atoms with Crippen LogP contribution in [0.25, 0.3) is 0 Å². The topological polar surface area (TPSA) is 35.6 Å². The molecule has 0 aliphatic carbocycles. The van der Waals surface area contributed by atoms with E-state index in [1.54, 1.807) is 24.1 Å². The molecule has 2 amide bonds. The smallest absolute Gasteiger partial charge is 0.317 e. The molecule has 2 rings (SSSR count). The molecule has 1 aromatic rings. The summed E-state index contributed by atoms with van der Waals surface area (Å²) in [7, 11) is 1.76. The molecule has 1 aromatic carbocycles. The molecule has 1 atom stereocenters. The maximum atomic E-state index is 12.9. The van der Waals surface area contributed by atoms with Gasteiger partial charge in [0.05, 0.1) is 0 Å². The standard InChI is InChI=1S/C18H28FN3O/c1-14(2)22-10-4-5-16(13-22)11-20-18(23)21(3)12-15-6-8-17(19)9-7-15/h6-9,14,16H,4-5,10-13H2,1-3H3,(H,20,23). The third-order valence-electron chi connectivity index (χ3n) is 4.50. The molecule has 0 spiro atoms. The van der Waals surface area contributed by atoms with Crippen LogP contribution in [-0.4, -0.2) is 48.6 Å². The van der Waals surface area contributed by atoms with Gasteiger partial charge in [0.25, 0.3) is 0 Å². The molecule has 128 valence electrons. The van der Waals surface area contributed by atoms with Gasteiger partial charge in [-0.3, -0.25) is 0 Å². The fraction of sp³-hybridized carbons (Fsp3) is 0.611. The van der Waals surface area contributed by atoms with Crippen LogP contribution in [0.15, 0.2) is 24.3 Å². The highest BCUT2D eigenvalue weighted by Gasteiger charge is 2.22. The minimum atomic E-state index is -0.257. The van der Waals surface area contributed by atoms with E-state index in [2.05, 4.69) is 24.1 Å². The van der Waals surface area contributed by atoms with Crippen LogP contribution in [0.3, 0.4) is 0 Å². The second kappa shape index (κ2) is 8.29. The number of halogens is 1. The zero-order valence-corrected chi connectivity index (χ0v) is 14.4. The molecule has 1 unspecified atom stereocenters. The Hall–Kier alpha value is -1.62. The summed E-state index contributed by atoms with van der Waals surface area (Å²) in [5.74, 6) is 0.266. The quantitative estimate of drug-likeness (QED) is 0.904. The van der Waals surface area contributed by atoms with Crippen LogP contribution in [0, 0.1) is 11.7 Å². The van der Waals surface area contributed by atoms with Crippen LogP contribution in [0.2, 0.25) is 0 Å². The number of piperidine rings is 1. The lowest BCUT2D eigenvalue weighted by molar-refractivity contribution is 0.137. The van der Waals surface area contributed by atoms with E-state index in [1.165, 1.54) is 25.0 Å². The Labute approximate surface area is 138 Å². The molecule has 1 aliphatic rings. The average Bonchev–Trinajstić information content (AvgIpc) is 2.55. The number of urea groups is 1. The first-order chi connectivity index (χ1) is 11.0. The van der Waals surface area contributed by atoms with E-state index >= 15 is 0 Å². The van der Waals surface area contributed by atoms with Crippen molar-refractivity contribution in [2.75, 3.05) is 26.7 Å². The fourth-order valence-corrected chi connectivity index (χ4v) is 3.03. The Morgan fingerprint density at radius 2 is 2.09 bits per heavy atom. The molecule has 23 heavy (non-hydrogen) atoms. The van der Waals surface area contributed by atoms with Gasteiger partial charge in [0.1, 0.15) is 5.82 Å². The summed E-state index contributed by atoms with van der Waals surface area (Å²) in [6.45, 7) is 7.85. The van der Waals surface area contributed by atoms with Crippen molar-refractivity contribution in [2.45, 2.75) is 39.3 Å². The van der Waals surface area contributed by atoms with Gasteiger partial charge < -0.3 is 15.1 Å². The normalized spacial score (nSPS) is 18.9. The second-order valence-corrected chi connectivity index (χ2v) is 6.77. The van der Waals surface area contributed by atoms with Crippen LogP contribution < -0.4 is 5.32 Å². The molecule has 1 saturated heterocycles. The third kappa shape index (κ3) is 5.50. The lowest BCUT2D eigenvalue weighted by Gasteiger charge is -2.35. The summed E-state index contributed by atoms with van der Waals surface area (Å²) in [5.41, 5.74) is 0.924. The van der Waals surface area contributed by atoms with E-state index in [-0.39, 0.29) is 11.8 Å². The third-order valence-corrected chi connectivity index (χ3v) is 4.50. The van der Waals surface area contributed by atoms with Crippen molar-refractivity contribution in [2.24, 2.45) is 5.92 Å². The van der Waals surface area contributed by atoms with E-state index in [1.807, 2.05) is 0 Å². The maximum Gasteiger partial charge on any atom is 0.317 e. The van der Waals surface area contributed by atoms with Crippen molar-refractivity contribution in [3.05, 3.63) is 35.6 Å². The zero-order chi connectivity index (χ0) is 16.8. The van der Waals surface area contributed by atoms with Crippen molar-refractivity contribution >= 4 is 6.03 Å². The van der Waals surface area contributed by atoms with Crippen molar-refractivity contribution in [3.8, 4) is 0 Å². The van der Waals surface area contributed by atoms with Crippen molar-refractivity contribution < 1.29 is 9.18 Å². The van der Waals surface area contributed by atoms with Gasteiger partial charge in [-0.2, -0.15) is 0 Å². The summed E-state index contributed by atoms with van der Waals surface area (Å²) >= 11 is 0. The van der Waals surface area contributed by atoms with Crippen LogP contribution in [0.4, 0.5) is 9.18 Å². The highest BCUT2D eigenvalue weighted by atomic mass is 19.1. The number of amides is 2. The lowest BCUT2D eigenvalue weighted by atomic mass is 9.97. The monoisotopic (exact) mass is 321 g/mol. The SMILES string of the molecule is CC(C)N1CCCC(CNC(=O)N(C)Cc2ccc(F)cc2)C1. The summed E-state index contributed by atoms with van der Waals surface area (Å²) in [5, 5.41) is 3.03. The second-order valence-electron chi connectivity index (χ2n) is 6.77.